The highest BCUT2D eigenvalue weighted by Gasteiger charge is 2.19. The van der Waals surface area contributed by atoms with Crippen LogP contribution in [0, 0.1) is 0 Å². The molecule has 0 unspecified atom stereocenters. The molecule has 0 aliphatic rings. The first kappa shape index (κ1) is 15.1. The lowest BCUT2D eigenvalue weighted by atomic mass is 10.4. The highest BCUT2D eigenvalue weighted by atomic mass is 32.2. The largest absolute Gasteiger partial charge is 0.382 e. The van der Waals surface area contributed by atoms with Gasteiger partial charge in [-0.25, -0.2) is 4.98 Å². The molecular formula is C11H20N4OS2. The Morgan fingerprint density at radius 3 is 2.94 bits per heavy atom. The second-order valence-electron chi connectivity index (χ2n) is 3.88. The van der Waals surface area contributed by atoms with Gasteiger partial charge in [-0.05, 0) is 12.7 Å². The van der Waals surface area contributed by atoms with Gasteiger partial charge in [-0.2, -0.15) is 11.8 Å². The minimum atomic E-state index is -0.0522. The lowest BCUT2D eigenvalue weighted by molar-refractivity contribution is 0.0809. The zero-order valence-corrected chi connectivity index (χ0v) is 12.7. The molecule has 1 rings (SSSR count). The van der Waals surface area contributed by atoms with Gasteiger partial charge in [0.25, 0.3) is 5.91 Å². The van der Waals surface area contributed by atoms with Crippen molar-refractivity contribution in [1.82, 2.24) is 9.88 Å². The van der Waals surface area contributed by atoms with Crippen molar-refractivity contribution in [3.63, 3.8) is 0 Å². The molecule has 0 atom stereocenters. The molecule has 0 saturated heterocycles. The van der Waals surface area contributed by atoms with E-state index in [-0.39, 0.29) is 5.91 Å². The molecule has 0 radical (unpaired) electrons. The van der Waals surface area contributed by atoms with Crippen molar-refractivity contribution in [2.75, 3.05) is 43.2 Å². The summed E-state index contributed by atoms with van der Waals surface area (Å²) in [6.45, 7) is 3.63. The molecule has 7 heteroatoms. The number of hydrogen-bond donors (Lipinski definition) is 2. The summed E-state index contributed by atoms with van der Waals surface area (Å²) in [5, 5.41) is 3.86. The fraction of sp³-hybridized carbons (Fsp3) is 0.636. The lowest BCUT2D eigenvalue weighted by Crippen LogP contribution is -2.28. The molecule has 1 amide bonds. The molecule has 18 heavy (non-hydrogen) atoms. The maximum Gasteiger partial charge on any atom is 0.267 e. The molecule has 1 aromatic heterocycles. The Bertz CT molecular complexity index is 394. The van der Waals surface area contributed by atoms with Crippen molar-refractivity contribution in [3.8, 4) is 0 Å². The number of nitrogens with two attached hydrogens (primary N) is 1. The Balaban J connectivity index is 2.69. The molecule has 0 saturated carbocycles. The van der Waals surface area contributed by atoms with Gasteiger partial charge in [0.2, 0.25) is 0 Å². The van der Waals surface area contributed by atoms with Crippen molar-refractivity contribution in [3.05, 3.63) is 4.88 Å². The van der Waals surface area contributed by atoms with Crippen molar-refractivity contribution >= 4 is 40.0 Å². The average Bonchev–Trinajstić information content (AvgIpc) is 2.73. The van der Waals surface area contributed by atoms with E-state index in [4.69, 9.17) is 5.73 Å². The normalized spacial score (nSPS) is 10.4. The first-order valence-corrected chi connectivity index (χ1v) is 8.05. The number of amides is 1. The standard InChI is InChI=1S/C11H20N4OS2/c1-4-5-13-11-14-9(12)8(18-11)10(16)15(2)6-7-17-3/h4-7,12H2,1-3H3,(H,13,14). The minimum absolute atomic E-state index is 0.0522. The summed E-state index contributed by atoms with van der Waals surface area (Å²) in [6, 6.07) is 0. The maximum atomic E-state index is 12.1. The van der Waals surface area contributed by atoms with Crippen LogP contribution in [0.3, 0.4) is 0 Å². The number of carbonyl (C=O) groups excluding carboxylic acids is 1. The molecular weight excluding hydrogens is 268 g/mol. The van der Waals surface area contributed by atoms with Gasteiger partial charge in [0, 0.05) is 25.9 Å². The van der Waals surface area contributed by atoms with Gasteiger partial charge in [0.1, 0.15) is 10.7 Å². The number of hydrogen-bond acceptors (Lipinski definition) is 6. The van der Waals surface area contributed by atoms with Crippen LogP contribution in [0.4, 0.5) is 10.9 Å². The summed E-state index contributed by atoms with van der Waals surface area (Å²) in [6.07, 6.45) is 3.03. The van der Waals surface area contributed by atoms with Gasteiger partial charge in [0.05, 0.1) is 0 Å². The zero-order chi connectivity index (χ0) is 13.5. The van der Waals surface area contributed by atoms with E-state index in [9.17, 15) is 4.79 Å². The molecule has 1 heterocycles. The number of rotatable bonds is 7. The lowest BCUT2D eigenvalue weighted by Gasteiger charge is -2.15. The first-order valence-electron chi connectivity index (χ1n) is 5.84. The number of nitrogens with one attached hydrogen (secondary N) is 1. The third-order valence-corrected chi connectivity index (χ3v) is 3.96. The first-order chi connectivity index (χ1) is 8.60. The van der Waals surface area contributed by atoms with E-state index >= 15 is 0 Å². The van der Waals surface area contributed by atoms with Crippen LogP contribution < -0.4 is 11.1 Å². The number of carbonyl (C=O) groups is 1. The average molecular weight is 288 g/mol. The Morgan fingerprint density at radius 2 is 2.33 bits per heavy atom. The van der Waals surface area contributed by atoms with Crippen LogP contribution in [0.2, 0.25) is 0 Å². The van der Waals surface area contributed by atoms with E-state index in [1.165, 1.54) is 11.3 Å². The van der Waals surface area contributed by atoms with Crippen LogP contribution in [0.1, 0.15) is 23.0 Å². The molecule has 0 aliphatic heterocycles. The molecule has 0 aromatic carbocycles. The third-order valence-electron chi connectivity index (χ3n) is 2.35. The fourth-order valence-corrected chi connectivity index (χ4v) is 2.66. The van der Waals surface area contributed by atoms with Gasteiger partial charge < -0.3 is 16.0 Å². The SMILES string of the molecule is CCCNc1nc(N)c(C(=O)N(C)CCSC)s1. The topological polar surface area (TPSA) is 71.2 Å². The van der Waals surface area contributed by atoms with Gasteiger partial charge in [0.15, 0.2) is 5.13 Å². The number of thiazole rings is 1. The molecule has 5 nitrogen and oxygen atoms in total. The maximum absolute atomic E-state index is 12.1. The van der Waals surface area contributed by atoms with Crippen molar-refractivity contribution in [2.45, 2.75) is 13.3 Å². The van der Waals surface area contributed by atoms with Crippen LogP contribution in [0.15, 0.2) is 0 Å². The fourth-order valence-electron chi connectivity index (χ4n) is 1.30. The summed E-state index contributed by atoms with van der Waals surface area (Å²) in [4.78, 5) is 18.5. The Kier molecular flexibility index (Phi) is 6.28. The highest BCUT2D eigenvalue weighted by molar-refractivity contribution is 7.98. The van der Waals surface area contributed by atoms with Crippen molar-refractivity contribution in [1.29, 1.82) is 0 Å². The predicted octanol–water partition coefficient (Wildman–Crippen LogP) is 1.98. The number of thioether (sulfide) groups is 1. The minimum Gasteiger partial charge on any atom is -0.382 e. The Labute approximate surface area is 116 Å². The van der Waals surface area contributed by atoms with Gasteiger partial charge in [-0.3, -0.25) is 4.79 Å². The number of anilines is 2. The number of nitrogens with zero attached hydrogens (tertiary/aromatic N) is 2. The van der Waals surface area contributed by atoms with Gasteiger partial charge in [-0.15, -0.1) is 0 Å². The smallest absolute Gasteiger partial charge is 0.267 e. The summed E-state index contributed by atoms with van der Waals surface area (Å²) < 4.78 is 0. The summed E-state index contributed by atoms with van der Waals surface area (Å²) >= 11 is 3.04. The van der Waals surface area contributed by atoms with Crippen molar-refractivity contribution < 1.29 is 4.79 Å². The van der Waals surface area contributed by atoms with Gasteiger partial charge in [-0.1, -0.05) is 18.3 Å². The highest BCUT2D eigenvalue weighted by Crippen LogP contribution is 2.26. The number of nitrogen functional groups attached to an aromatic ring is 1. The van der Waals surface area contributed by atoms with Crippen molar-refractivity contribution in [2.24, 2.45) is 0 Å². The second kappa shape index (κ2) is 7.48. The monoisotopic (exact) mass is 288 g/mol. The number of aromatic nitrogens is 1. The second-order valence-corrected chi connectivity index (χ2v) is 5.86. The van der Waals surface area contributed by atoms with E-state index in [0.717, 1.165) is 30.4 Å². The van der Waals surface area contributed by atoms with Crippen LogP contribution in [-0.2, 0) is 0 Å². The molecule has 1 aromatic rings. The molecule has 0 spiro atoms. The van der Waals surface area contributed by atoms with Crippen LogP contribution in [0.25, 0.3) is 0 Å². The summed E-state index contributed by atoms with van der Waals surface area (Å²) in [5.41, 5.74) is 5.79. The molecule has 0 aliphatic carbocycles. The van der Waals surface area contributed by atoms with E-state index in [1.54, 1.807) is 23.7 Å². The predicted molar refractivity (Wildman–Crippen MR) is 80.6 cm³/mol. The Morgan fingerprint density at radius 1 is 1.61 bits per heavy atom. The third kappa shape index (κ3) is 4.06. The van der Waals surface area contributed by atoms with Crippen LogP contribution >= 0.6 is 23.1 Å². The van der Waals surface area contributed by atoms with Crippen LogP contribution in [-0.4, -0.2) is 47.9 Å². The molecule has 3 N–H and O–H groups in total. The molecule has 0 bridgehead atoms. The summed E-state index contributed by atoms with van der Waals surface area (Å²) in [7, 11) is 1.79. The van der Waals surface area contributed by atoms with E-state index in [1.807, 2.05) is 6.26 Å². The van der Waals surface area contributed by atoms with Crippen LogP contribution in [0.5, 0.6) is 0 Å². The van der Waals surface area contributed by atoms with E-state index in [2.05, 4.69) is 17.2 Å². The summed E-state index contributed by atoms with van der Waals surface area (Å²) in [5.74, 6) is 1.19. The van der Waals surface area contributed by atoms with E-state index in [0.29, 0.717) is 10.7 Å². The Hall–Kier alpha value is -0.950. The van der Waals surface area contributed by atoms with E-state index < -0.39 is 0 Å². The molecule has 102 valence electrons. The molecule has 0 fully saturated rings. The quantitative estimate of drug-likeness (QED) is 0.803. The zero-order valence-electron chi connectivity index (χ0n) is 11.0. The van der Waals surface area contributed by atoms with Gasteiger partial charge >= 0.3 is 0 Å².